The lowest BCUT2D eigenvalue weighted by Gasteiger charge is -2.33. The van der Waals surface area contributed by atoms with Gasteiger partial charge in [0.2, 0.25) is 15.9 Å². The second kappa shape index (κ2) is 7.31. The van der Waals surface area contributed by atoms with Crippen LogP contribution >= 0.6 is 0 Å². The highest BCUT2D eigenvalue weighted by molar-refractivity contribution is 7.92. The molecule has 0 atom stereocenters. The third kappa shape index (κ3) is 4.68. The second-order valence-corrected chi connectivity index (χ2v) is 7.96. The van der Waals surface area contributed by atoms with E-state index >= 15 is 0 Å². The Morgan fingerprint density at radius 2 is 1.78 bits per heavy atom. The average Bonchev–Trinajstić information content (AvgIpc) is 2.48. The first-order chi connectivity index (χ1) is 10.8. The van der Waals surface area contributed by atoms with Crippen LogP contribution in [0.4, 0.5) is 5.69 Å². The van der Waals surface area contributed by atoms with Gasteiger partial charge in [-0.15, -0.1) is 0 Å². The fraction of sp³-hybridized carbons (Fsp3) is 0.562. The summed E-state index contributed by atoms with van der Waals surface area (Å²) in [6.07, 6.45) is 1.38. The molecule has 0 aromatic heterocycles. The van der Waals surface area contributed by atoms with Crippen LogP contribution in [0.25, 0.3) is 0 Å². The zero-order valence-electron chi connectivity index (χ0n) is 14.0. The number of carbonyl (C=O) groups is 1. The Morgan fingerprint density at radius 1 is 1.17 bits per heavy atom. The lowest BCUT2D eigenvalue weighted by atomic mass is 10.2. The Kier molecular flexibility index (Phi) is 5.64. The third-order valence-corrected chi connectivity index (χ3v) is 5.35. The van der Waals surface area contributed by atoms with Crippen LogP contribution in [0.1, 0.15) is 12.0 Å². The molecule has 2 rings (SSSR count). The Hall–Kier alpha value is -1.60. The Bertz CT molecular complexity index is 652. The van der Waals surface area contributed by atoms with Gasteiger partial charge in [0, 0.05) is 39.1 Å². The van der Waals surface area contributed by atoms with Crippen LogP contribution in [0, 0.1) is 6.92 Å². The zero-order valence-corrected chi connectivity index (χ0v) is 14.8. The van der Waals surface area contributed by atoms with Crippen LogP contribution in [0.15, 0.2) is 24.3 Å². The van der Waals surface area contributed by atoms with E-state index in [0.717, 1.165) is 18.7 Å². The van der Waals surface area contributed by atoms with Gasteiger partial charge in [0.1, 0.15) is 0 Å². The number of benzene rings is 1. The van der Waals surface area contributed by atoms with E-state index in [1.807, 2.05) is 37.1 Å². The van der Waals surface area contributed by atoms with E-state index in [-0.39, 0.29) is 18.9 Å². The van der Waals surface area contributed by atoms with Gasteiger partial charge in [-0.05, 0) is 25.6 Å². The smallest absolute Gasteiger partial charge is 0.232 e. The summed E-state index contributed by atoms with van der Waals surface area (Å²) in [7, 11) is -1.39. The molecule has 1 aromatic rings. The van der Waals surface area contributed by atoms with Crippen molar-refractivity contribution in [3.8, 4) is 0 Å². The first-order valence-corrected chi connectivity index (χ1v) is 9.63. The first kappa shape index (κ1) is 17.7. The number of anilines is 1. The maximum atomic E-state index is 12.3. The molecule has 1 fully saturated rings. The second-order valence-electron chi connectivity index (χ2n) is 6.06. The monoisotopic (exact) mass is 339 g/mol. The van der Waals surface area contributed by atoms with Crippen molar-refractivity contribution in [2.75, 3.05) is 50.3 Å². The van der Waals surface area contributed by atoms with Crippen LogP contribution in [-0.4, -0.2) is 70.2 Å². The molecule has 0 N–H and O–H groups in total. The van der Waals surface area contributed by atoms with Gasteiger partial charge in [-0.3, -0.25) is 9.10 Å². The number of rotatable bonds is 5. The Labute approximate surface area is 138 Å². The molecular weight excluding hydrogens is 314 g/mol. The molecule has 0 bridgehead atoms. The number of amides is 1. The highest BCUT2D eigenvalue weighted by Gasteiger charge is 2.23. The molecule has 0 aliphatic carbocycles. The minimum absolute atomic E-state index is 0.0142. The van der Waals surface area contributed by atoms with Gasteiger partial charge in [0.15, 0.2) is 0 Å². The molecule has 1 aliphatic heterocycles. The van der Waals surface area contributed by atoms with E-state index in [9.17, 15) is 13.2 Å². The topological polar surface area (TPSA) is 60.9 Å². The van der Waals surface area contributed by atoms with Crippen molar-refractivity contribution in [2.45, 2.75) is 13.3 Å². The fourth-order valence-electron chi connectivity index (χ4n) is 2.72. The summed E-state index contributed by atoms with van der Waals surface area (Å²) in [4.78, 5) is 16.3. The third-order valence-electron chi connectivity index (χ3n) is 4.17. The van der Waals surface area contributed by atoms with Crippen molar-refractivity contribution in [1.82, 2.24) is 9.80 Å². The van der Waals surface area contributed by atoms with Crippen LogP contribution in [0.5, 0.6) is 0 Å². The molecule has 1 amide bonds. The molecule has 1 saturated heterocycles. The lowest BCUT2D eigenvalue weighted by Crippen LogP contribution is -2.48. The molecular formula is C16H25N3O3S. The van der Waals surface area contributed by atoms with Gasteiger partial charge in [0.05, 0.1) is 11.9 Å². The van der Waals surface area contributed by atoms with Gasteiger partial charge in [-0.1, -0.05) is 18.2 Å². The molecule has 0 radical (unpaired) electrons. The van der Waals surface area contributed by atoms with E-state index in [1.165, 1.54) is 10.6 Å². The number of sulfonamides is 1. The van der Waals surface area contributed by atoms with E-state index in [0.29, 0.717) is 18.8 Å². The van der Waals surface area contributed by atoms with Gasteiger partial charge in [-0.25, -0.2) is 8.42 Å². The van der Waals surface area contributed by atoms with Gasteiger partial charge in [0.25, 0.3) is 0 Å². The predicted octanol–water partition coefficient (Wildman–Crippen LogP) is 0.925. The quantitative estimate of drug-likeness (QED) is 0.800. The maximum absolute atomic E-state index is 12.3. The molecule has 0 saturated carbocycles. The Balaban J connectivity index is 2.05. The van der Waals surface area contributed by atoms with Crippen molar-refractivity contribution in [3.63, 3.8) is 0 Å². The van der Waals surface area contributed by atoms with Crippen molar-refractivity contribution in [1.29, 1.82) is 0 Å². The number of hydrogen-bond acceptors (Lipinski definition) is 4. The number of piperazine rings is 1. The standard InChI is InChI=1S/C16H25N3O3S/c1-14-6-4-5-7-15(14)19(23(3,21)22)9-8-16(20)18-12-10-17(2)11-13-18/h4-7H,8-13H2,1-3H3. The number of aryl methyl sites for hydroxylation is 1. The summed E-state index contributed by atoms with van der Waals surface area (Å²) < 4.78 is 25.6. The van der Waals surface area contributed by atoms with Gasteiger partial charge < -0.3 is 9.80 Å². The highest BCUT2D eigenvalue weighted by Crippen LogP contribution is 2.22. The zero-order chi connectivity index (χ0) is 17.0. The summed E-state index contributed by atoms with van der Waals surface area (Å²) in [6.45, 7) is 5.18. The molecule has 128 valence electrons. The molecule has 1 aromatic carbocycles. The van der Waals surface area contributed by atoms with Crippen molar-refractivity contribution in [3.05, 3.63) is 29.8 Å². The molecule has 1 aliphatic rings. The predicted molar refractivity (Wildman–Crippen MR) is 92.1 cm³/mol. The lowest BCUT2D eigenvalue weighted by molar-refractivity contribution is -0.132. The summed E-state index contributed by atoms with van der Waals surface area (Å²) in [6, 6.07) is 7.32. The van der Waals surface area contributed by atoms with Crippen LogP contribution < -0.4 is 4.31 Å². The normalized spacial score (nSPS) is 16.4. The Morgan fingerprint density at radius 3 is 2.35 bits per heavy atom. The number of carbonyl (C=O) groups excluding carboxylic acids is 1. The minimum atomic E-state index is -3.42. The van der Waals surface area contributed by atoms with E-state index in [2.05, 4.69) is 4.90 Å². The average molecular weight is 339 g/mol. The van der Waals surface area contributed by atoms with Crippen molar-refractivity contribution in [2.24, 2.45) is 0 Å². The number of nitrogens with zero attached hydrogens (tertiary/aromatic N) is 3. The van der Waals surface area contributed by atoms with Crippen LogP contribution in [-0.2, 0) is 14.8 Å². The van der Waals surface area contributed by atoms with E-state index in [4.69, 9.17) is 0 Å². The van der Waals surface area contributed by atoms with Gasteiger partial charge in [-0.2, -0.15) is 0 Å². The highest BCUT2D eigenvalue weighted by atomic mass is 32.2. The first-order valence-electron chi connectivity index (χ1n) is 7.78. The van der Waals surface area contributed by atoms with Crippen molar-refractivity contribution < 1.29 is 13.2 Å². The number of para-hydroxylation sites is 1. The van der Waals surface area contributed by atoms with E-state index < -0.39 is 10.0 Å². The molecule has 1 heterocycles. The van der Waals surface area contributed by atoms with E-state index in [1.54, 1.807) is 6.07 Å². The van der Waals surface area contributed by atoms with Gasteiger partial charge >= 0.3 is 0 Å². The number of likely N-dealkylation sites (N-methyl/N-ethyl adjacent to an activating group) is 1. The molecule has 7 heteroatoms. The minimum Gasteiger partial charge on any atom is -0.340 e. The summed E-state index contributed by atoms with van der Waals surface area (Å²) in [5, 5.41) is 0. The maximum Gasteiger partial charge on any atom is 0.232 e. The largest absolute Gasteiger partial charge is 0.340 e. The fourth-order valence-corrected chi connectivity index (χ4v) is 3.70. The molecule has 6 nitrogen and oxygen atoms in total. The molecule has 0 unspecified atom stereocenters. The van der Waals surface area contributed by atoms with Crippen LogP contribution in [0.2, 0.25) is 0 Å². The molecule has 0 spiro atoms. The van der Waals surface area contributed by atoms with Crippen LogP contribution in [0.3, 0.4) is 0 Å². The number of hydrogen-bond donors (Lipinski definition) is 0. The summed E-state index contributed by atoms with van der Waals surface area (Å²) in [5.41, 5.74) is 1.52. The summed E-state index contributed by atoms with van der Waals surface area (Å²) >= 11 is 0. The molecule has 23 heavy (non-hydrogen) atoms. The summed E-state index contributed by atoms with van der Waals surface area (Å²) in [5.74, 6) is 0.0142. The SMILES string of the molecule is Cc1ccccc1N(CCC(=O)N1CCN(C)CC1)S(C)(=O)=O. The van der Waals surface area contributed by atoms with Crippen molar-refractivity contribution >= 4 is 21.6 Å².